The van der Waals surface area contributed by atoms with E-state index in [4.69, 9.17) is 18.3 Å². The smallest absolute Gasteiger partial charge is 0.356 e. The molecule has 1 aromatic carbocycles. The third-order valence-electron chi connectivity index (χ3n) is 3.39. The topological polar surface area (TPSA) is 40.2 Å². The molecule has 0 N–H and O–H groups in total. The molecule has 0 radical (unpaired) electrons. The van der Waals surface area contributed by atoms with Crippen LogP contribution < -0.4 is 9.92 Å². The van der Waals surface area contributed by atoms with Crippen LogP contribution in [0, 0.1) is 0 Å². The maximum Gasteiger partial charge on any atom is 0.356 e. The summed E-state index contributed by atoms with van der Waals surface area (Å²) in [6.45, 7) is 9.04. The summed E-state index contributed by atoms with van der Waals surface area (Å²) in [7, 11) is -1.84. The first-order chi connectivity index (χ1) is 10.3. The first kappa shape index (κ1) is 16.5. The van der Waals surface area contributed by atoms with Crippen LogP contribution in [0.4, 0.5) is 0 Å². The molecule has 0 aromatic heterocycles. The van der Waals surface area contributed by atoms with Gasteiger partial charge in [-0.2, -0.15) is 0 Å². The zero-order chi connectivity index (χ0) is 15.1. The van der Waals surface area contributed by atoms with Crippen LogP contribution in [0.3, 0.4) is 0 Å². The molecule has 0 saturated carbocycles. The summed E-state index contributed by atoms with van der Waals surface area (Å²) in [6, 6.07) is 6.21. The minimum absolute atomic E-state index is 0.273. The molecular weight excluding hydrogens is 284 g/mol. The quantitative estimate of drug-likeness (QED) is 0.489. The molecule has 0 spiro atoms. The van der Waals surface area contributed by atoms with Gasteiger partial charge in [-0.1, -0.05) is 25.5 Å². The number of ether oxygens (including phenoxy) is 2. The van der Waals surface area contributed by atoms with Crippen LogP contribution in [0.1, 0.15) is 32.8 Å². The van der Waals surface area contributed by atoms with Gasteiger partial charge in [0.2, 0.25) is 0 Å². The molecule has 4 nitrogen and oxygen atoms in total. The lowest BCUT2D eigenvalue weighted by atomic mass is 10.1. The number of hydrogen-bond acceptors (Lipinski definition) is 4. The predicted molar refractivity (Wildman–Crippen MR) is 85.7 cm³/mol. The molecule has 1 atom stereocenters. The monoisotopic (exact) mass is 310 g/mol. The van der Waals surface area contributed by atoms with Gasteiger partial charge in [-0.15, -0.1) is 0 Å². The fourth-order valence-corrected chi connectivity index (χ4v) is 4.23. The van der Waals surface area contributed by atoms with Gasteiger partial charge in [0.15, 0.2) is 0 Å². The first-order valence-electron chi connectivity index (χ1n) is 7.89. The van der Waals surface area contributed by atoms with E-state index in [1.807, 2.05) is 26.0 Å². The van der Waals surface area contributed by atoms with E-state index >= 15 is 0 Å². The third kappa shape index (κ3) is 4.81. The van der Waals surface area contributed by atoms with Crippen molar-refractivity contribution in [2.45, 2.75) is 39.7 Å². The molecule has 21 heavy (non-hydrogen) atoms. The summed E-state index contributed by atoms with van der Waals surface area (Å²) < 4.78 is 22.9. The Morgan fingerprint density at radius 1 is 1.19 bits per heavy atom. The Balaban J connectivity index is 2.21. The van der Waals surface area contributed by atoms with Gasteiger partial charge in [0.05, 0.1) is 6.61 Å². The molecule has 0 amide bonds. The van der Waals surface area contributed by atoms with Crippen molar-refractivity contribution in [2.75, 3.05) is 26.4 Å². The van der Waals surface area contributed by atoms with Gasteiger partial charge in [0.1, 0.15) is 18.5 Å². The highest BCUT2D eigenvalue weighted by Crippen LogP contribution is 2.21. The van der Waals surface area contributed by atoms with Crippen LogP contribution in [-0.2, 0) is 20.0 Å². The average molecular weight is 310 g/mol. The zero-order valence-electron chi connectivity index (χ0n) is 13.3. The largest absolute Gasteiger partial charge is 0.491 e. The molecule has 1 heterocycles. The molecule has 1 aromatic rings. The summed E-state index contributed by atoms with van der Waals surface area (Å²) in [5.74, 6) is 0.960. The minimum atomic E-state index is -1.84. The molecule has 1 aliphatic heterocycles. The normalized spacial score (nSPS) is 17.2. The van der Waals surface area contributed by atoms with Gasteiger partial charge in [-0.3, -0.25) is 0 Å². The van der Waals surface area contributed by atoms with Crippen molar-refractivity contribution in [1.82, 2.24) is 0 Å². The van der Waals surface area contributed by atoms with Crippen LogP contribution >= 0.6 is 0 Å². The fourth-order valence-electron chi connectivity index (χ4n) is 2.33. The number of rotatable bonds is 10. The van der Waals surface area contributed by atoms with Crippen molar-refractivity contribution in [3.63, 3.8) is 0 Å². The van der Waals surface area contributed by atoms with Gasteiger partial charge in [-0.05, 0) is 37.1 Å². The lowest BCUT2D eigenvalue weighted by Gasteiger charge is -2.20. The van der Waals surface area contributed by atoms with Crippen molar-refractivity contribution in [2.24, 2.45) is 0 Å². The maximum absolute atomic E-state index is 5.95. The van der Waals surface area contributed by atoms with Gasteiger partial charge < -0.3 is 18.3 Å². The van der Waals surface area contributed by atoms with Gasteiger partial charge in [0, 0.05) is 13.2 Å². The molecule has 1 saturated heterocycles. The van der Waals surface area contributed by atoms with Crippen LogP contribution in [-0.4, -0.2) is 41.8 Å². The Bertz CT molecular complexity index is 428. The summed E-state index contributed by atoms with van der Waals surface area (Å²) >= 11 is 0. The Hall–Kier alpha value is -0.883. The van der Waals surface area contributed by atoms with Crippen LogP contribution in [0.15, 0.2) is 18.2 Å². The fraction of sp³-hybridized carbons (Fsp3) is 0.625. The second-order valence-corrected chi connectivity index (χ2v) is 7.04. The summed E-state index contributed by atoms with van der Waals surface area (Å²) in [5.41, 5.74) is 1.25. The van der Waals surface area contributed by atoms with E-state index in [1.165, 1.54) is 10.8 Å². The highest BCUT2D eigenvalue weighted by atomic mass is 28.3. The summed E-state index contributed by atoms with van der Waals surface area (Å²) in [5, 5.41) is 1.22. The highest BCUT2D eigenvalue weighted by Gasteiger charge is 2.25. The standard InChI is InChI=1S/C16H26O4Si/c1-4-8-14-15(18-12-13-11-17-13)9-7-10-16(14)21(19-5-2)20-6-3/h7,9-10,13,21H,4-6,8,11-12H2,1-3H3. The number of hydrogen-bond donors (Lipinski definition) is 0. The van der Waals surface area contributed by atoms with E-state index in [1.54, 1.807) is 0 Å². The van der Waals surface area contributed by atoms with E-state index in [2.05, 4.69) is 13.0 Å². The van der Waals surface area contributed by atoms with E-state index in [9.17, 15) is 0 Å². The molecule has 1 aliphatic rings. The van der Waals surface area contributed by atoms with E-state index < -0.39 is 9.28 Å². The van der Waals surface area contributed by atoms with Crippen LogP contribution in [0.2, 0.25) is 0 Å². The zero-order valence-corrected chi connectivity index (χ0v) is 14.4. The SMILES string of the molecule is CCCc1c(OCC2CO2)cccc1[SiH](OCC)OCC. The summed E-state index contributed by atoms with van der Waals surface area (Å²) in [4.78, 5) is 0. The average Bonchev–Trinajstić information content (AvgIpc) is 3.30. The van der Waals surface area contributed by atoms with Crippen LogP contribution in [0.25, 0.3) is 0 Å². The lowest BCUT2D eigenvalue weighted by Crippen LogP contribution is -2.39. The van der Waals surface area contributed by atoms with Crippen molar-refractivity contribution in [3.8, 4) is 5.75 Å². The Kier molecular flexibility index (Phi) is 6.70. The van der Waals surface area contributed by atoms with E-state index in [0.29, 0.717) is 19.8 Å². The molecule has 1 unspecified atom stereocenters. The third-order valence-corrected chi connectivity index (χ3v) is 5.71. The Morgan fingerprint density at radius 2 is 1.90 bits per heavy atom. The molecule has 2 rings (SSSR count). The van der Waals surface area contributed by atoms with Crippen molar-refractivity contribution < 1.29 is 18.3 Å². The van der Waals surface area contributed by atoms with Crippen molar-refractivity contribution >= 4 is 14.5 Å². The molecule has 0 bridgehead atoms. The second-order valence-electron chi connectivity index (χ2n) is 5.08. The Labute approximate surface area is 129 Å². The molecule has 5 heteroatoms. The predicted octanol–water partition coefficient (Wildman–Crippen LogP) is 1.92. The summed E-state index contributed by atoms with van der Waals surface area (Å²) in [6.07, 6.45) is 2.34. The number of benzene rings is 1. The molecule has 118 valence electrons. The Morgan fingerprint density at radius 3 is 2.48 bits per heavy atom. The van der Waals surface area contributed by atoms with E-state index in [-0.39, 0.29) is 6.10 Å². The van der Waals surface area contributed by atoms with Gasteiger partial charge >= 0.3 is 9.28 Å². The lowest BCUT2D eigenvalue weighted by molar-refractivity contribution is 0.225. The minimum Gasteiger partial charge on any atom is -0.491 e. The van der Waals surface area contributed by atoms with Gasteiger partial charge in [0.25, 0.3) is 0 Å². The highest BCUT2D eigenvalue weighted by molar-refractivity contribution is 6.62. The molecule has 0 aliphatic carbocycles. The first-order valence-corrected chi connectivity index (χ1v) is 9.41. The van der Waals surface area contributed by atoms with E-state index in [0.717, 1.165) is 25.2 Å². The van der Waals surface area contributed by atoms with Crippen molar-refractivity contribution in [3.05, 3.63) is 23.8 Å². The number of epoxide rings is 1. The molecule has 1 fully saturated rings. The molecular formula is C16H26O4Si. The second kappa shape index (κ2) is 8.53. The van der Waals surface area contributed by atoms with Crippen molar-refractivity contribution in [1.29, 1.82) is 0 Å². The maximum atomic E-state index is 5.95. The van der Waals surface area contributed by atoms with Crippen LogP contribution in [0.5, 0.6) is 5.75 Å². The van der Waals surface area contributed by atoms with Gasteiger partial charge in [-0.25, -0.2) is 0 Å².